The largest absolute Gasteiger partial charge is 0.369 e. The third-order valence-corrected chi connectivity index (χ3v) is 2.99. The Labute approximate surface area is 101 Å². The van der Waals surface area contributed by atoms with Crippen LogP contribution in [0, 0.1) is 0 Å². The second-order valence-electron chi connectivity index (χ2n) is 4.34. The molecule has 4 heteroatoms. The molecule has 17 heavy (non-hydrogen) atoms. The number of hydrogen-bond acceptors (Lipinski definition) is 3. The first-order valence-corrected chi connectivity index (χ1v) is 5.76. The minimum Gasteiger partial charge on any atom is -0.369 e. The van der Waals surface area contributed by atoms with Crippen molar-refractivity contribution < 1.29 is 9.59 Å². The molecule has 90 valence electrons. The smallest absolute Gasteiger partial charge is 0.217 e. The van der Waals surface area contributed by atoms with Crippen LogP contribution in [0.5, 0.6) is 0 Å². The van der Waals surface area contributed by atoms with Crippen molar-refractivity contribution in [3.05, 3.63) is 29.8 Å². The lowest BCUT2D eigenvalue weighted by atomic mass is 10.2. The Morgan fingerprint density at radius 3 is 2.71 bits per heavy atom. The summed E-state index contributed by atoms with van der Waals surface area (Å²) in [5.74, 6) is 0.0214. The zero-order valence-electron chi connectivity index (χ0n) is 9.85. The monoisotopic (exact) mass is 232 g/mol. The number of rotatable bonds is 3. The number of hydrogen-bond donors (Lipinski definition) is 1. The molecule has 1 aliphatic rings. The van der Waals surface area contributed by atoms with Crippen LogP contribution in [0.2, 0.25) is 0 Å². The number of benzene rings is 1. The van der Waals surface area contributed by atoms with Crippen molar-refractivity contribution in [2.75, 3.05) is 18.0 Å². The predicted octanol–water partition coefficient (Wildman–Crippen LogP) is 1.21. The molecular weight excluding hydrogens is 216 g/mol. The summed E-state index contributed by atoms with van der Waals surface area (Å²) in [5, 5.41) is 2.93. The summed E-state index contributed by atoms with van der Waals surface area (Å²) < 4.78 is 0. The van der Waals surface area contributed by atoms with Gasteiger partial charge >= 0.3 is 0 Å². The fourth-order valence-electron chi connectivity index (χ4n) is 2.16. The van der Waals surface area contributed by atoms with Gasteiger partial charge in [-0.25, -0.2) is 0 Å². The van der Waals surface area contributed by atoms with Gasteiger partial charge in [0.05, 0.1) is 0 Å². The number of amides is 1. The fraction of sp³-hybridized carbons (Fsp3) is 0.385. The summed E-state index contributed by atoms with van der Waals surface area (Å²) in [6.07, 6.45) is 1.81. The average molecular weight is 232 g/mol. The summed E-state index contributed by atoms with van der Waals surface area (Å²) in [4.78, 5) is 23.7. The Morgan fingerprint density at radius 1 is 1.41 bits per heavy atom. The van der Waals surface area contributed by atoms with Gasteiger partial charge in [0.15, 0.2) is 0 Å². The van der Waals surface area contributed by atoms with E-state index < -0.39 is 0 Å². The molecule has 0 saturated carbocycles. The zero-order valence-corrected chi connectivity index (χ0v) is 9.85. The minimum atomic E-state index is 0.0214. The Morgan fingerprint density at radius 2 is 2.12 bits per heavy atom. The van der Waals surface area contributed by atoms with Gasteiger partial charge in [0.1, 0.15) is 6.29 Å². The van der Waals surface area contributed by atoms with Crippen LogP contribution in [-0.4, -0.2) is 31.3 Å². The van der Waals surface area contributed by atoms with Gasteiger partial charge < -0.3 is 10.2 Å². The molecule has 1 aliphatic heterocycles. The van der Waals surface area contributed by atoms with Crippen molar-refractivity contribution in [2.24, 2.45) is 0 Å². The lowest BCUT2D eigenvalue weighted by Crippen LogP contribution is -2.35. The second-order valence-corrected chi connectivity index (χ2v) is 4.34. The maximum absolute atomic E-state index is 11.0. The van der Waals surface area contributed by atoms with Crippen molar-refractivity contribution in [3.63, 3.8) is 0 Å². The standard InChI is InChI=1S/C13H16N2O2/c1-10(17)14-12-6-7-15(8-12)13-4-2-11(9-16)3-5-13/h2-5,9,12H,6-8H2,1H3,(H,14,17). The molecule has 0 spiro atoms. The molecule has 0 aromatic heterocycles. The van der Waals surface area contributed by atoms with Crippen molar-refractivity contribution in [1.82, 2.24) is 5.32 Å². The highest BCUT2D eigenvalue weighted by Crippen LogP contribution is 2.20. The summed E-state index contributed by atoms with van der Waals surface area (Å²) >= 11 is 0. The third kappa shape index (κ3) is 2.84. The first kappa shape index (κ1) is 11.6. The number of anilines is 1. The number of aldehydes is 1. The van der Waals surface area contributed by atoms with E-state index in [1.54, 1.807) is 6.92 Å². The Hall–Kier alpha value is -1.84. The maximum atomic E-state index is 11.0. The van der Waals surface area contributed by atoms with Gasteiger partial charge in [-0.3, -0.25) is 9.59 Å². The maximum Gasteiger partial charge on any atom is 0.217 e. The Bertz CT molecular complexity index is 414. The van der Waals surface area contributed by atoms with E-state index in [-0.39, 0.29) is 11.9 Å². The molecule has 1 saturated heterocycles. The van der Waals surface area contributed by atoms with E-state index in [0.29, 0.717) is 5.56 Å². The molecule has 1 aromatic rings. The summed E-state index contributed by atoms with van der Waals surface area (Å²) in [5.41, 5.74) is 1.79. The molecule has 0 radical (unpaired) electrons. The molecule has 0 aliphatic carbocycles. The van der Waals surface area contributed by atoms with E-state index in [4.69, 9.17) is 0 Å². The molecular formula is C13H16N2O2. The zero-order chi connectivity index (χ0) is 12.3. The average Bonchev–Trinajstić information content (AvgIpc) is 2.77. The number of nitrogens with zero attached hydrogens (tertiary/aromatic N) is 1. The molecule has 1 fully saturated rings. The Balaban J connectivity index is 1.99. The van der Waals surface area contributed by atoms with Gasteiger partial charge in [0.25, 0.3) is 0 Å². The van der Waals surface area contributed by atoms with Gasteiger partial charge in [-0.15, -0.1) is 0 Å². The highest BCUT2D eigenvalue weighted by molar-refractivity contribution is 5.76. The number of nitrogens with one attached hydrogen (secondary N) is 1. The predicted molar refractivity (Wildman–Crippen MR) is 66.3 cm³/mol. The molecule has 2 rings (SSSR count). The summed E-state index contributed by atoms with van der Waals surface area (Å²) in [6, 6.07) is 7.75. The van der Waals surface area contributed by atoms with Crippen molar-refractivity contribution in [3.8, 4) is 0 Å². The van der Waals surface area contributed by atoms with Crippen molar-refractivity contribution in [1.29, 1.82) is 0 Å². The fourth-order valence-corrected chi connectivity index (χ4v) is 2.16. The van der Waals surface area contributed by atoms with E-state index in [0.717, 1.165) is 31.5 Å². The van der Waals surface area contributed by atoms with Crippen molar-refractivity contribution in [2.45, 2.75) is 19.4 Å². The SMILES string of the molecule is CC(=O)NC1CCN(c2ccc(C=O)cc2)C1. The number of carbonyl (C=O) groups is 2. The van der Waals surface area contributed by atoms with Gasteiger partial charge in [0.2, 0.25) is 5.91 Å². The van der Waals surface area contributed by atoms with Gasteiger partial charge in [-0.2, -0.15) is 0 Å². The number of carbonyl (C=O) groups excluding carboxylic acids is 2. The van der Waals surface area contributed by atoms with Crippen LogP contribution >= 0.6 is 0 Å². The summed E-state index contributed by atoms with van der Waals surface area (Å²) in [6.45, 7) is 3.31. The van der Waals surface area contributed by atoms with E-state index >= 15 is 0 Å². The van der Waals surface area contributed by atoms with Crippen LogP contribution < -0.4 is 10.2 Å². The molecule has 0 bridgehead atoms. The quantitative estimate of drug-likeness (QED) is 0.797. The summed E-state index contributed by atoms with van der Waals surface area (Å²) in [7, 11) is 0. The van der Waals surface area contributed by atoms with E-state index in [1.165, 1.54) is 0 Å². The Kier molecular flexibility index (Phi) is 3.42. The molecule has 1 aromatic carbocycles. The molecule has 1 atom stereocenters. The van der Waals surface area contributed by atoms with E-state index in [2.05, 4.69) is 10.2 Å². The molecule has 1 heterocycles. The lowest BCUT2D eigenvalue weighted by Gasteiger charge is -2.18. The lowest BCUT2D eigenvalue weighted by molar-refractivity contribution is -0.119. The normalized spacial score (nSPS) is 19.1. The van der Waals surface area contributed by atoms with Crippen molar-refractivity contribution >= 4 is 17.9 Å². The van der Waals surface area contributed by atoms with E-state index in [9.17, 15) is 9.59 Å². The first-order valence-electron chi connectivity index (χ1n) is 5.76. The second kappa shape index (κ2) is 4.99. The molecule has 4 nitrogen and oxygen atoms in total. The third-order valence-electron chi connectivity index (χ3n) is 2.99. The van der Waals surface area contributed by atoms with E-state index in [1.807, 2.05) is 24.3 Å². The van der Waals surface area contributed by atoms with Gasteiger partial charge in [-0.05, 0) is 30.7 Å². The highest BCUT2D eigenvalue weighted by atomic mass is 16.1. The van der Waals surface area contributed by atoms with Crippen LogP contribution in [0.15, 0.2) is 24.3 Å². The topological polar surface area (TPSA) is 49.4 Å². The van der Waals surface area contributed by atoms with Gasteiger partial charge in [-0.1, -0.05) is 0 Å². The van der Waals surface area contributed by atoms with Gasteiger partial charge in [0, 0.05) is 37.3 Å². The molecule has 1 N–H and O–H groups in total. The first-order chi connectivity index (χ1) is 8.19. The van der Waals surface area contributed by atoms with Crippen LogP contribution in [0.4, 0.5) is 5.69 Å². The molecule has 1 unspecified atom stereocenters. The highest BCUT2D eigenvalue weighted by Gasteiger charge is 2.22. The van der Waals surface area contributed by atoms with Crippen LogP contribution in [0.25, 0.3) is 0 Å². The van der Waals surface area contributed by atoms with Crippen LogP contribution in [0.1, 0.15) is 23.7 Å². The minimum absolute atomic E-state index is 0.0214. The van der Waals surface area contributed by atoms with Crippen LogP contribution in [0.3, 0.4) is 0 Å². The van der Waals surface area contributed by atoms with Crippen LogP contribution in [-0.2, 0) is 4.79 Å². The molecule has 1 amide bonds.